The van der Waals surface area contributed by atoms with Crippen LogP contribution >= 0.6 is 0 Å². The van der Waals surface area contributed by atoms with Crippen molar-refractivity contribution in [3.8, 4) is 22.8 Å². The average molecular weight is 438 g/mol. The summed E-state index contributed by atoms with van der Waals surface area (Å²) in [5, 5.41) is 17.8. The molecule has 1 aliphatic rings. The summed E-state index contributed by atoms with van der Waals surface area (Å²) in [6.45, 7) is 4.46. The fourth-order valence-electron chi connectivity index (χ4n) is 4.20. The molecular formula is C26H22N4O3. The molecule has 1 amide bonds. The highest BCUT2D eigenvalue weighted by molar-refractivity contribution is 6.00. The van der Waals surface area contributed by atoms with Crippen molar-refractivity contribution in [2.24, 2.45) is 0 Å². The molecule has 5 rings (SSSR count). The van der Waals surface area contributed by atoms with E-state index >= 15 is 0 Å². The van der Waals surface area contributed by atoms with Crippen molar-refractivity contribution in [2.45, 2.75) is 12.6 Å². The minimum absolute atomic E-state index is 0.103. The highest BCUT2D eigenvalue weighted by atomic mass is 16.5. The van der Waals surface area contributed by atoms with E-state index in [1.54, 1.807) is 41.6 Å². The largest absolute Gasteiger partial charge is 0.507 e. The Balaban J connectivity index is 1.65. The number of H-pyrrole nitrogens is 1. The number of fused-ring (bicyclic) bond motifs is 1. The Hall–Kier alpha value is -4.39. The van der Waals surface area contributed by atoms with Gasteiger partial charge < -0.3 is 14.7 Å². The third-order valence-corrected chi connectivity index (χ3v) is 5.64. The molecule has 2 N–H and O–H groups in total. The van der Waals surface area contributed by atoms with Crippen LogP contribution in [-0.4, -0.2) is 37.7 Å². The van der Waals surface area contributed by atoms with Crippen LogP contribution in [0.1, 0.15) is 33.2 Å². The lowest BCUT2D eigenvalue weighted by molar-refractivity contribution is 0.0729. The zero-order chi connectivity index (χ0) is 22.8. The Morgan fingerprint density at radius 1 is 1.15 bits per heavy atom. The Bertz CT molecular complexity index is 1320. The Labute approximate surface area is 191 Å². The number of pyridine rings is 1. The van der Waals surface area contributed by atoms with E-state index in [1.165, 1.54) is 0 Å². The SMILES string of the molecule is C=CCOc1cccc([C@@H]2c3c(-c4ccccc4O)n[nH]c3C(=O)N2Cc2cccnc2)c1. The van der Waals surface area contributed by atoms with Gasteiger partial charge in [-0.15, -0.1) is 0 Å². The first-order valence-corrected chi connectivity index (χ1v) is 10.6. The van der Waals surface area contributed by atoms with Gasteiger partial charge in [0.05, 0.1) is 6.04 Å². The standard InChI is InChI=1S/C26H22N4O3/c1-2-13-33-19-9-5-8-18(14-19)25-22-23(20-10-3-4-11-21(20)31)28-29-24(22)26(32)30(25)16-17-7-6-12-27-15-17/h2-12,14-15,25,31H,1,13,16H2,(H,28,29)/t25-/m1/s1. The van der Waals surface area contributed by atoms with E-state index in [2.05, 4.69) is 21.8 Å². The zero-order valence-corrected chi connectivity index (χ0v) is 17.8. The lowest BCUT2D eigenvalue weighted by Crippen LogP contribution is -2.29. The third-order valence-electron chi connectivity index (χ3n) is 5.64. The summed E-state index contributed by atoms with van der Waals surface area (Å²) in [5.74, 6) is 0.624. The second-order valence-electron chi connectivity index (χ2n) is 7.75. The maximum Gasteiger partial charge on any atom is 0.273 e. The van der Waals surface area contributed by atoms with Crippen LogP contribution in [0.2, 0.25) is 0 Å². The van der Waals surface area contributed by atoms with E-state index in [-0.39, 0.29) is 11.7 Å². The molecule has 0 fully saturated rings. The van der Waals surface area contributed by atoms with E-state index < -0.39 is 6.04 Å². The predicted molar refractivity (Wildman–Crippen MR) is 124 cm³/mol. The first-order chi connectivity index (χ1) is 16.2. The molecule has 0 spiro atoms. The van der Waals surface area contributed by atoms with Crippen LogP contribution in [0.25, 0.3) is 11.3 Å². The number of phenolic OH excluding ortho intramolecular Hbond substituents is 1. The van der Waals surface area contributed by atoms with Crippen molar-refractivity contribution in [3.63, 3.8) is 0 Å². The first-order valence-electron chi connectivity index (χ1n) is 10.6. The van der Waals surface area contributed by atoms with Gasteiger partial charge in [-0.1, -0.05) is 43.0 Å². The Morgan fingerprint density at radius 3 is 2.82 bits per heavy atom. The maximum atomic E-state index is 13.5. The van der Waals surface area contributed by atoms with Crippen molar-refractivity contribution in [1.82, 2.24) is 20.1 Å². The van der Waals surface area contributed by atoms with E-state index in [1.807, 2.05) is 42.5 Å². The molecule has 0 unspecified atom stereocenters. The Kier molecular flexibility index (Phi) is 5.36. The number of aromatic amines is 1. The predicted octanol–water partition coefficient (Wildman–Crippen LogP) is 4.49. The van der Waals surface area contributed by atoms with Crippen molar-refractivity contribution >= 4 is 5.91 Å². The van der Waals surface area contributed by atoms with Gasteiger partial charge in [0, 0.05) is 30.1 Å². The van der Waals surface area contributed by atoms with Gasteiger partial charge in [-0.3, -0.25) is 14.9 Å². The summed E-state index contributed by atoms with van der Waals surface area (Å²) in [4.78, 5) is 19.5. The van der Waals surface area contributed by atoms with Gasteiger partial charge in [-0.05, 0) is 41.5 Å². The number of nitrogens with one attached hydrogen (secondary N) is 1. The molecule has 0 aliphatic carbocycles. The van der Waals surface area contributed by atoms with Crippen LogP contribution in [0.15, 0.2) is 85.7 Å². The zero-order valence-electron chi connectivity index (χ0n) is 17.8. The summed E-state index contributed by atoms with van der Waals surface area (Å²) in [7, 11) is 0. The molecule has 0 bridgehead atoms. The van der Waals surface area contributed by atoms with E-state index in [0.717, 1.165) is 16.7 Å². The van der Waals surface area contributed by atoms with Crippen LogP contribution in [0.5, 0.6) is 11.5 Å². The van der Waals surface area contributed by atoms with Crippen LogP contribution < -0.4 is 4.74 Å². The van der Waals surface area contributed by atoms with Gasteiger partial charge in [0.2, 0.25) is 0 Å². The summed E-state index contributed by atoms with van der Waals surface area (Å²) >= 11 is 0. The second-order valence-corrected chi connectivity index (χ2v) is 7.75. The van der Waals surface area contributed by atoms with E-state index in [4.69, 9.17) is 4.74 Å². The van der Waals surface area contributed by atoms with Crippen LogP contribution in [0, 0.1) is 0 Å². The number of aromatic hydroxyl groups is 1. The minimum atomic E-state index is -0.423. The van der Waals surface area contributed by atoms with Crippen molar-refractivity contribution in [1.29, 1.82) is 0 Å². The highest BCUT2D eigenvalue weighted by Gasteiger charge is 2.42. The van der Waals surface area contributed by atoms with Crippen molar-refractivity contribution in [2.75, 3.05) is 6.61 Å². The molecule has 3 heterocycles. The van der Waals surface area contributed by atoms with Crippen LogP contribution in [-0.2, 0) is 6.54 Å². The molecule has 7 nitrogen and oxygen atoms in total. The van der Waals surface area contributed by atoms with Crippen LogP contribution in [0.4, 0.5) is 0 Å². The van der Waals surface area contributed by atoms with E-state index in [9.17, 15) is 9.90 Å². The molecule has 2 aromatic heterocycles. The first kappa shape index (κ1) is 20.5. The average Bonchev–Trinajstić information content (AvgIpc) is 3.38. The maximum absolute atomic E-state index is 13.5. The van der Waals surface area contributed by atoms with Crippen molar-refractivity contribution < 1.29 is 14.6 Å². The molecule has 1 aliphatic heterocycles. The topological polar surface area (TPSA) is 91.3 Å². The number of ether oxygens (including phenoxy) is 1. The summed E-state index contributed by atoms with van der Waals surface area (Å²) in [6, 6.07) is 18.0. The number of carbonyl (C=O) groups is 1. The molecule has 33 heavy (non-hydrogen) atoms. The van der Waals surface area contributed by atoms with E-state index in [0.29, 0.717) is 35.9 Å². The molecule has 0 radical (unpaired) electrons. The molecule has 1 atom stereocenters. The molecule has 164 valence electrons. The van der Waals surface area contributed by atoms with Gasteiger partial charge in [-0.25, -0.2) is 0 Å². The number of aromatic nitrogens is 3. The number of rotatable bonds is 7. The van der Waals surface area contributed by atoms with Gasteiger partial charge in [0.25, 0.3) is 5.91 Å². The smallest absolute Gasteiger partial charge is 0.273 e. The molecule has 0 saturated carbocycles. The number of nitrogens with zero attached hydrogens (tertiary/aromatic N) is 3. The molecule has 0 saturated heterocycles. The Morgan fingerprint density at radius 2 is 2.03 bits per heavy atom. The summed E-state index contributed by atoms with van der Waals surface area (Å²) in [6.07, 6.45) is 5.14. The van der Waals surface area contributed by atoms with Gasteiger partial charge in [-0.2, -0.15) is 5.10 Å². The summed E-state index contributed by atoms with van der Waals surface area (Å²) in [5.41, 5.74) is 4.05. The van der Waals surface area contributed by atoms with Crippen LogP contribution in [0.3, 0.4) is 0 Å². The molecule has 2 aromatic carbocycles. The lowest BCUT2D eigenvalue weighted by Gasteiger charge is -2.26. The van der Waals surface area contributed by atoms with Gasteiger partial charge >= 0.3 is 0 Å². The third kappa shape index (κ3) is 3.74. The minimum Gasteiger partial charge on any atom is -0.507 e. The number of benzene rings is 2. The number of hydrogen-bond donors (Lipinski definition) is 2. The normalized spacial score (nSPS) is 14.8. The highest BCUT2D eigenvalue weighted by Crippen LogP contribution is 2.45. The number of hydrogen-bond acceptors (Lipinski definition) is 5. The number of para-hydroxylation sites is 1. The fourth-order valence-corrected chi connectivity index (χ4v) is 4.20. The molecule has 4 aromatic rings. The quantitative estimate of drug-likeness (QED) is 0.415. The lowest BCUT2D eigenvalue weighted by atomic mass is 9.95. The molecular weight excluding hydrogens is 416 g/mol. The number of carbonyl (C=O) groups excluding carboxylic acids is 1. The van der Waals surface area contributed by atoms with Gasteiger partial charge in [0.15, 0.2) is 0 Å². The second kappa shape index (κ2) is 8.63. The molecule has 7 heteroatoms. The number of amides is 1. The van der Waals surface area contributed by atoms with Gasteiger partial charge in [0.1, 0.15) is 29.5 Å². The fraction of sp³-hybridized carbons (Fsp3) is 0.115. The number of phenols is 1. The summed E-state index contributed by atoms with van der Waals surface area (Å²) < 4.78 is 5.74. The monoisotopic (exact) mass is 438 g/mol. The van der Waals surface area contributed by atoms with Crippen molar-refractivity contribution in [3.05, 3.63) is 108 Å².